The van der Waals surface area contributed by atoms with Gasteiger partial charge in [-0.15, -0.1) is 0 Å². The van der Waals surface area contributed by atoms with E-state index in [4.69, 9.17) is 5.84 Å². The summed E-state index contributed by atoms with van der Waals surface area (Å²) < 4.78 is 0. The van der Waals surface area contributed by atoms with Crippen LogP contribution < -0.4 is 11.3 Å². The average Bonchev–Trinajstić information content (AvgIpc) is 2.90. The highest BCUT2D eigenvalue weighted by atomic mass is 16.2. The molecule has 5 heteroatoms. The number of carbonyl (C=O) groups is 1. The molecule has 0 atom stereocenters. The lowest BCUT2D eigenvalue weighted by Gasteiger charge is -2.20. The van der Waals surface area contributed by atoms with E-state index in [-0.39, 0.29) is 5.91 Å². The minimum Gasteiger partial charge on any atom is -0.300 e. The standard InChI is InChI=1S/C14H22N4O/c1-18(9-11-5-2-3-6-11)10-12-7-4-8-13(16-12)14(19)17-15/h4,7-8,11H,2-3,5-6,9-10,15H2,1H3,(H,17,19). The van der Waals surface area contributed by atoms with Crippen LogP contribution >= 0.6 is 0 Å². The molecule has 1 aliphatic carbocycles. The van der Waals surface area contributed by atoms with E-state index in [0.29, 0.717) is 5.69 Å². The second-order valence-corrected chi connectivity index (χ2v) is 5.33. The third-order valence-corrected chi connectivity index (χ3v) is 3.65. The predicted octanol–water partition coefficient (Wildman–Crippen LogP) is 1.31. The Balaban J connectivity index is 1.92. The number of nitrogens with two attached hydrogens (primary N) is 1. The SMILES string of the molecule is CN(Cc1cccc(C(=O)NN)n1)CC1CCCC1. The van der Waals surface area contributed by atoms with Crippen LogP contribution in [0, 0.1) is 5.92 Å². The summed E-state index contributed by atoms with van der Waals surface area (Å²) in [6.45, 7) is 1.87. The molecule has 1 fully saturated rings. The number of rotatable bonds is 5. The number of nitrogen functional groups attached to an aromatic ring is 1. The van der Waals surface area contributed by atoms with Gasteiger partial charge in [0, 0.05) is 13.1 Å². The lowest BCUT2D eigenvalue weighted by molar-refractivity contribution is 0.0948. The number of carbonyl (C=O) groups excluding carboxylic acids is 1. The van der Waals surface area contributed by atoms with Crippen molar-refractivity contribution < 1.29 is 4.79 Å². The van der Waals surface area contributed by atoms with Gasteiger partial charge in [0.2, 0.25) is 0 Å². The summed E-state index contributed by atoms with van der Waals surface area (Å²) in [5.74, 6) is 5.59. The largest absolute Gasteiger partial charge is 0.300 e. The zero-order chi connectivity index (χ0) is 13.7. The fraction of sp³-hybridized carbons (Fsp3) is 0.571. The molecule has 0 saturated heterocycles. The average molecular weight is 262 g/mol. The first kappa shape index (κ1) is 14.0. The summed E-state index contributed by atoms with van der Waals surface area (Å²) in [6, 6.07) is 5.46. The molecule has 3 N–H and O–H groups in total. The van der Waals surface area contributed by atoms with Crippen molar-refractivity contribution in [2.24, 2.45) is 11.8 Å². The van der Waals surface area contributed by atoms with E-state index in [9.17, 15) is 4.79 Å². The first-order valence-corrected chi connectivity index (χ1v) is 6.84. The molecule has 0 radical (unpaired) electrons. The Morgan fingerprint density at radius 2 is 2.21 bits per heavy atom. The van der Waals surface area contributed by atoms with Gasteiger partial charge in [-0.05, 0) is 37.9 Å². The van der Waals surface area contributed by atoms with Gasteiger partial charge in [-0.3, -0.25) is 10.2 Å². The number of hydrazine groups is 1. The molecule has 104 valence electrons. The summed E-state index contributed by atoms with van der Waals surface area (Å²) in [7, 11) is 2.11. The number of pyridine rings is 1. The van der Waals surface area contributed by atoms with Crippen LogP contribution in [-0.4, -0.2) is 29.4 Å². The van der Waals surface area contributed by atoms with Crippen LogP contribution in [0.2, 0.25) is 0 Å². The lowest BCUT2D eigenvalue weighted by Crippen LogP contribution is -2.31. The van der Waals surface area contributed by atoms with Gasteiger partial charge in [0.05, 0.1) is 5.69 Å². The van der Waals surface area contributed by atoms with Gasteiger partial charge in [0.15, 0.2) is 0 Å². The second kappa shape index (κ2) is 6.63. The molecular weight excluding hydrogens is 240 g/mol. The van der Waals surface area contributed by atoms with Crippen LogP contribution in [0.25, 0.3) is 0 Å². The van der Waals surface area contributed by atoms with E-state index >= 15 is 0 Å². The Hall–Kier alpha value is -1.46. The summed E-state index contributed by atoms with van der Waals surface area (Å²) in [5, 5.41) is 0. The van der Waals surface area contributed by atoms with E-state index < -0.39 is 0 Å². The number of hydrogen-bond donors (Lipinski definition) is 2. The van der Waals surface area contributed by atoms with E-state index in [1.54, 1.807) is 6.07 Å². The van der Waals surface area contributed by atoms with E-state index in [2.05, 4.69) is 22.4 Å². The summed E-state index contributed by atoms with van der Waals surface area (Å²) in [4.78, 5) is 18.0. The Kier molecular flexibility index (Phi) is 4.87. The molecule has 0 spiro atoms. The van der Waals surface area contributed by atoms with E-state index in [1.807, 2.05) is 12.1 Å². The predicted molar refractivity (Wildman–Crippen MR) is 74.2 cm³/mol. The van der Waals surface area contributed by atoms with Crippen LogP contribution in [0.5, 0.6) is 0 Å². The third kappa shape index (κ3) is 4.01. The van der Waals surface area contributed by atoms with Crippen molar-refractivity contribution in [2.45, 2.75) is 32.2 Å². The Labute approximate surface area is 114 Å². The molecule has 1 saturated carbocycles. The van der Waals surface area contributed by atoms with Crippen molar-refractivity contribution >= 4 is 5.91 Å². The molecular formula is C14H22N4O. The number of hydrogen-bond acceptors (Lipinski definition) is 4. The molecule has 0 aliphatic heterocycles. The molecule has 0 unspecified atom stereocenters. The van der Waals surface area contributed by atoms with E-state index in [0.717, 1.165) is 24.7 Å². The van der Waals surface area contributed by atoms with Crippen LogP contribution in [-0.2, 0) is 6.54 Å². The number of nitrogens with zero attached hydrogens (tertiary/aromatic N) is 2. The molecule has 1 aromatic rings. The van der Waals surface area contributed by atoms with Gasteiger partial charge in [-0.2, -0.15) is 0 Å². The molecule has 2 rings (SSSR count). The van der Waals surface area contributed by atoms with Crippen molar-refractivity contribution in [3.63, 3.8) is 0 Å². The fourth-order valence-corrected chi connectivity index (χ4v) is 2.74. The Morgan fingerprint density at radius 3 is 2.89 bits per heavy atom. The van der Waals surface area contributed by atoms with Crippen molar-refractivity contribution in [3.05, 3.63) is 29.6 Å². The van der Waals surface area contributed by atoms with Crippen LogP contribution in [0.1, 0.15) is 41.9 Å². The third-order valence-electron chi connectivity index (χ3n) is 3.65. The summed E-state index contributed by atoms with van der Waals surface area (Å²) in [6.07, 6.45) is 5.41. The van der Waals surface area contributed by atoms with Crippen molar-refractivity contribution in [1.29, 1.82) is 0 Å². The second-order valence-electron chi connectivity index (χ2n) is 5.33. The van der Waals surface area contributed by atoms with Gasteiger partial charge >= 0.3 is 0 Å². The van der Waals surface area contributed by atoms with Gasteiger partial charge in [0.25, 0.3) is 5.91 Å². The molecule has 1 aromatic heterocycles. The minimum atomic E-state index is -0.347. The Bertz CT molecular complexity index is 429. The topological polar surface area (TPSA) is 71.2 Å². The summed E-state index contributed by atoms with van der Waals surface area (Å²) in [5.41, 5.74) is 3.38. The molecule has 1 amide bonds. The van der Waals surface area contributed by atoms with Crippen LogP contribution in [0.4, 0.5) is 0 Å². The van der Waals surface area contributed by atoms with Crippen LogP contribution in [0.3, 0.4) is 0 Å². The molecule has 0 aromatic carbocycles. The van der Waals surface area contributed by atoms with Crippen molar-refractivity contribution in [1.82, 2.24) is 15.3 Å². The molecule has 1 aliphatic rings. The van der Waals surface area contributed by atoms with Crippen molar-refractivity contribution in [2.75, 3.05) is 13.6 Å². The molecule has 5 nitrogen and oxygen atoms in total. The highest BCUT2D eigenvalue weighted by Gasteiger charge is 2.17. The molecule has 0 bridgehead atoms. The maximum absolute atomic E-state index is 11.4. The maximum Gasteiger partial charge on any atom is 0.283 e. The Morgan fingerprint density at radius 1 is 1.47 bits per heavy atom. The minimum absolute atomic E-state index is 0.347. The first-order valence-electron chi connectivity index (χ1n) is 6.84. The van der Waals surface area contributed by atoms with Crippen LogP contribution in [0.15, 0.2) is 18.2 Å². The zero-order valence-electron chi connectivity index (χ0n) is 11.4. The maximum atomic E-state index is 11.4. The normalized spacial score (nSPS) is 15.9. The van der Waals surface area contributed by atoms with Gasteiger partial charge in [-0.1, -0.05) is 18.9 Å². The number of nitrogens with one attached hydrogen (secondary N) is 1. The first-order chi connectivity index (χ1) is 9.19. The number of amides is 1. The van der Waals surface area contributed by atoms with Gasteiger partial charge in [-0.25, -0.2) is 10.8 Å². The fourth-order valence-electron chi connectivity index (χ4n) is 2.74. The highest BCUT2D eigenvalue weighted by molar-refractivity contribution is 5.91. The van der Waals surface area contributed by atoms with Gasteiger partial charge < -0.3 is 4.90 Å². The molecule has 1 heterocycles. The lowest BCUT2D eigenvalue weighted by atomic mass is 10.1. The van der Waals surface area contributed by atoms with Gasteiger partial charge in [0.1, 0.15) is 5.69 Å². The smallest absolute Gasteiger partial charge is 0.283 e. The quantitative estimate of drug-likeness (QED) is 0.477. The zero-order valence-corrected chi connectivity index (χ0v) is 11.4. The molecule has 19 heavy (non-hydrogen) atoms. The monoisotopic (exact) mass is 262 g/mol. The summed E-state index contributed by atoms with van der Waals surface area (Å²) >= 11 is 0. The highest BCUT2D eigenvalue weighted by Crippen LogP contribution is 2.25. The van der Waals surface area contributed by atoms with E-state index in [1.165, 1.54) is 25.7 Å². The number of aromatic nitrogens is 1. The van der Waals surface area contributed by atoms with Crippen molar-refractivity contribution in [3.8, 4) is 0 Å².